The molecule has 0 bridgehead atoms. The zero-order valence-electron chi connectivity index (χ0n) is 12.5. The molecule has 0 aliphatic heterocycles. The maximum absolute atomic E-state index is 12.2. The van der Waals surface area contributed by atoms with E-state index in [0.717, 1.165) is 11.1 Å². The minimum absolute atomic E-state index is 0.606. The normalized spacial score (nSPS) is 12.6. The molecule has 2 aromatic carbocycles. The van der Waals surface area contributed by atoms with Crippen LogP contribution in [0.5, 0.6) is 0 Å². The van der Waals surface area contributed by atoms with Crippen molar-refractivity contribution in [2.75, 3.05) is 12.9 Å². The van der Waals surface area contributed by atoms with Crippen molar-refractivity contribution in [1.29, 1.82) is 0 Å². The van der Waals surface area contributed by atoms with Gasteiger partial charge in [0.15, 0.2) is 9.84 Å². The molecule has 0 aromatic heterocycles. The largest absolute Gasteiger partial charge is 0.468 e. The van der Waals surface area contributed by atoms with E-state index in [4.69, 9.17) is 0 Å². The van der Waals surface area contributed by atoms with Crippen molar-refractivity contribution in [3.63, 3.8) is 0 Å². The number of carbonyl (C=O) groups excluding carboxylic acids is 1. The Morgan fingerprint density at radius 1 is 1.00 bits per heavy atom. The minimum atomic E-state index is -3.58. The van der Waals surface area contributed by atoms with Crippen LogP contribution in [0.4, 0.5) is 0 Å². The highest BCUT2D eigenvalue weighted by atomic mass is 32.2. The number of methoxy groups -OCH3 is 1. The Kier molecular flexibility index (Phi) is 4.98. The third kappa shape index (κ3) is 3.74. The van der Waals surface area contributed by atoms with E-state index >= 15 is 0 Å². The summed E-state index contributed by atoms with van der Waals surface area (Å²) in [5, 5.41) is -0.753. The summed E-state index contributed by atoms with van der Waals surface area (Å²) in [7, 11) is -2.40. The summed E-state index contributed by atoms with van der Waals surface area (Å²) in [5.74, 6) is -1.35. The number of sulfone groups is 1. The summed E-state index contributed by atoms with van der Waals surface area (Å²) < 4.78 is 28.7. The lowest BCUT2D eigenvalue weighted by Gasteiger charge is -2.13. The molecule has 0 aliphatic carbocycles. The molecule has 0 fully saturated rings. The van der Waals surface area contributed by atoms with Crippen LogP contribution >= 0.6 is 0 Å². The lowest BCUT2D eigenvalue weighted by Crippen LogP contribution is -2.21. The molecule has 0 N–H and O–H groups in total. The van der Waals surface area contributed by atoms with E-state index in [0.29, 0.717) is 5.56 Å². The van der Waals surface area contributed by atoms with E-state index in [1.165, 1.54) is 7.11 Å². The van der Waals surface area contributed by atoms with Gasteiger partial charge in [-0.15, -0.1) is 0 Å². The van der Waals surface area contributed by atoms with Crippen LogP contribution in [0.1, 0.15) is 17.7 Å². The van der Waals surface area contributed by atoms with Gasteiger partial charge in [-0.25, -0.2) is 8.42 Å². The van der Waals surface area contributed by atoms with Crippen molar-refractivity contribution >= 4 is 15.8 Å². The van der Waals surface area contributed by atoms with Gasteiger partial charge >= 0.3 is 5.97 Å². The van der Waals surface area contributed by atoms with Crippen LogP contribution in [0.3, 0.4) is 0 Å². The van der Waals surface area contributed by atoms with Gasteiger partial charge in [0.05, 0.1) is 12.4 Å². The quantitative estimate of drug-likeness (QED) is 0.795. The zero-order chi connectivity index (χ0) is 16.2. The maximum Gasteiger partial charge on any atom is 0.320 e. The van der Waals surface area contributed by atoms with Crippen LogP contribution in [0.25, 0.3) is 11.1 Å². The van der Waals surface area contributed by atoms with Crippen molar-refractivity contribution in [1.82, 2.24) is 0 Å². The number of esters is 1. The van der Waals surface area contributed by atoms with Crippen molar-refractivity contribution in [2.45, 2.75) is 12.2 Å². The molecule has 0 spiro atoms. The van der Waals surface area contributed by atoms with Gasteiger partial charge in [0.2, 0.25) is 0 Å². The first-order chi connectivity index (χ1) is 10.4. The molecule has 0 saturated heterocycles. The molecule has 1 unspecified atom stereocenters. The summed E-state index contributed by atoms with van der Waals surface area (Å²) in [5.41, 5.74) is 2.74. The Balaban J connectivity index is 2.21. The number of benzene rings is 2. The predicted molar refractivity (Wildman–Crippen MR) is 86.1 cm³/mol. The second kappa shape index (κ2) is 6.75. The van der Waals surface area contributed by atoms with Gasteiger partial charge in [-0.1, -0.05) is 54.6 Å². The first-order valence-electron chi connectivity index (χ1n) is 6.88. The maximum atomic E-state index is 12.2. The fourth-order valence-electron chi connectivity index (χ4n) is 2.13. The van der Waals surface area contributed by atoms with E-state index in [2.05, 4.69) is 4.74 Å². The minimum Gasteiger partial charge on any atom is -0.468 e. The lowest BCUT2D eigenvalue weighted by atomic mass is 10.0. The summed E-state index contributed by atoms with van der Waals surface area (Å²) in [4.78, 5) is 11.2. The van der Waals surface area contributed by atoms with Crippen LogP contribution in [-0.2, 0) is 19.4 Å². The van der Waals surface area contributed by atoms with Gasteiger partial charge in [0.1, 0.15) is 5.75 Å². The van der Waals surface area contributed by atoms with Gasteiger partial charge in [-0.05, 0) is 23.6 Å². The van der Waals surface area contributed by atoms with Gasteiger partial charge < -0.3 is 4.74 Å². The Bertz CT molecular complexity index is 734. The summed E-state index contributed by atoms with van der Waals surface area (Å²) in [6, 6.07) is 17.2. The monoisotopic (exact) mass is 318 g/mol. The number of ether oxygens (including phenoxy) is 1. The molecule has 0 aliphatic rings. The first-order valence-corrected chi connectivity index (χ1v) is 8.59. The molecule has 22 heavy (non-hydrogen) atoms. The second-order valence-corrected chi connectivity index (χ2v) is 7.34. The standard InChI is InChI=1S/C17H18O4S/c1-13(22(19,20)12-17(18)21-2)14-8-10-16(11-9-14)15-6-4-3-5-7-15/h3-11,13H,12H2,1-2H3. The lowest BCUT2D eigenvalue weighted by molar-refractivity contribution is -0.137. The Hall–Kier alpha value is -2.14. The van der Waals surface area contributed by atoms with Crippen LogP contribution in [0.2, 0.25) is 0 Å². The van der Waals surface area contributed by atoms with Crippen LogP contribution < -0.4 is 0 Å². The van der Waals surface area contributed by atoms with E-state index in [1.807, 2.05) is 42.5 Å². The van der Waals surface area contributed by atoms with E-state index in [1.54, 1.807) is 19.1 Å². The van der Waals surface area contributed by atoms with Crippen LogP contribution in [0, 0.1) is 0 Å². The van der Waals surface area contributed by atoms with E-state index < -0.39 is 26.8 Å². The highest BCUT2D eigenvalue weighted by Gasteiger charge is 2.26. The van der Waals surface area contributed by atoms with E-state index in [9.17, 15) is 13.2 Å². The molecule has 5 heteroatoms. The number of carbonyl (C=O) groups is 1. The average Bonchev–Trinajstić information content (AvgIpc) is 2.54. The molecule has 0 radical (unpaired) electrons. The molecule has 4 nitrogen and oxygen atoms in total. The smallest absolute Gasteiger partial charge is 0.320 e. The van der Waals surface area contributed by atoms with Gasteiger partial charge in [0.25, 0.3) is 0 Å². The molecular weight excluding hydrogens is 300 g/mol. The van der Waals surface area contributed by atoms with Crippen molar-refractivity contribution < 1.29 is 17.9 Å². The third-order valence-electron chi connectivity index (χ3n) is 3.57. The fraction of sp³-hybridized carbons (Fsp3) is 0.235. The summed E-state index contributed by atoms with van der Waals surface area (Å²) >= 11 is 0. The van der Waals surface area contributed by atoms with Crippen molar-refractivity contribution in [3.8, 4) is 11.1 Å². The molecule has 2 aromatic rings. The van der Waals surface area contributed by atoms with Gasteiger partial charge in [-0.2, -0.15) is 0 Å². The summed E-state index contributed by atoms with van der Waals surface area (Å²) in [6.07, 6.45) is 0. The molecule has 0 heterocycles. The Morgan fingerprint density at radius 2 is 1.55 bits per heavy atom. The third-order valence-corrected chi connectivity index (χ3v) is 5.56. The SMILES string of the molecule is COC(=O)CS(=O)(=O)C(C)c1ccc(-c2ccccc2)cc1. The van der Waals surface area contributed by atoms with Crippen LogP contribution in [0.15, 0.2) is 54.6 Å². The van der Waals surface area contributed by atoms with Crippen molar-refractivity contribution in [2.24, 2.45) is 0 Å². The zero-order valence-corrected chi connectivity index (χ0v) is 13.3. The van der Waals surface area contributed by atoms with Gasteiger partial charge in [0, 0.05) is 0 Å². The number of rotatable bonds is 5. The molecular formula is C17H18O4S. The van der Waals surface area contributed by atoms with Crippen molar-refractivity contribution in [3.05, 3.63) is 60.2 Å². The molecule has 1 atom stereocenters. The number of hydrogen-bond donors (Lipinski definition) is 0. The van der Waals surface area contributed by atoms with Crippen LogP contribution in [-0.4, -0.2) is 27.2 Å². The molecule has 2 rings (SSSR count). The first kappa shape index (κ1) is 16.2. The fourth-order valence-corrected chi connectivity index (χ4v) is 3.40. The Labute approximate surface area is 130 Å². The second-order valence-electron chi connectivity index (χ2n) is 5.01. The molecule has 116 valence electrons. The highest BCUT2D eigenvalue weighted by Crippen LogP contribution is 2.26. The van der Waals surface area contributed by atoms with Gasteiger partial charge in [-0.3, -0.25) is 4.79 Å². The number of hydrogen-bond acceptors (Lipinski definition) is 4. The summed E-state index contributed by atoms with van der Waals surface area (Å²) in [6.45, 7) is 1.58. The Morgan fingerprint density at radius 3 is 2.09 bits per heavy atom. The highest BCUT2D eigenvalue weighted by molar-refractivity contribution is 7.92. The average molecular weight is 318 g/mol. The molecule has 0 saturated carbocycles. The molecule has 0 amide bonds. The topological polar surface area (TPSA) is 60.4 Å². The predicted octanol–water partition coefficient (Wildman–Crippen LogP) is 3.00. The van der Waals surface area contributed by atoms with E-state index in [-0.39, 0.29) is 0 Å².